The van der Waals surface area contributed by atoms with Crippen molar-refractivity contribution in [2.75, 3.05) is 13.1 Å². The monoisotopic (exact) mass is 244 g/mol. The molecule has 1 saturated heterocycles. The van der Waals surface area contributed by atoms with Gasteiger partial charge < -0.3 is 10.6 Å². The standard InChI is InChI=1S/C15H20N2O/c1-10-8-16-9-14(10)17-15(18)13-6-11-4-2-3-5-12(11)7-13/h2-5,10,13-14,16H,6-9H2,1H3,(H,17,18). The summed E-state index contributed by atoms with van der Waals surface area (Å²) in [6.45, 7) is 4.11. The molecule has 18 heavy (non-hydrogen) atoms. The van der Waals surface area contributed by atoms with E-state index in [-0.39, 0.29) is 11.8 Å². The molecule has 0 spiro atoms. The van der Waals surface area contributed by atoms with Crippen molar-refractivity contribution < 1.29 is 4.79 Å². The van der Waals surface area contributed by atoms with Crippen LogP contribution in [0.25, 0.3) is 0 Å². The Balaban J connectivity index is 1.62. The Morgan fingerprint density at radius 3 is 2.44 bits per heavy atom. The lowest BCUT2D eigenvalue weighted by Crippen LogP contribution is -2.42. The number of benzene rings is 1. The fraction of sp³-hybridized carbons (Fsp3) is 0.533. The molecule has 2 unspecified atom stereocenters. The van der Waals surface area contributed by atoms with E-state index in [1.54, 1.807) is 0 Å². The van der Waals surface area contributed by atoms with E-state index in [1.807, 2.05) is 0 Å². The maximum Gasteiger partial charge on any atom is 0.224 e. The summed E-state index contributed by atoms with van der Waals surface area (Å²) in [6, 6.07) is 8.70. The van der Waals surface area contributed by atoms with E-state index in [0.717, 1.165) is 25.9 Å². The van der Waals surface area contributed by atoms with Gasteiger partial charge in [-0.15, -0.1) is 0 Å². The summed E-state index contributed by atoms with van der Waals surface area (Å²) in [5.41, 5.74) is 2.69. The summed E-state index contributed by atoms with van der Waals surface area (Å²) < 4.78 is 0. The van der Waals surface area contributed by atoms with Gasteiger partial charge in [-0.3, -0.25) is 4.79 Å². The van der Waals surface area contributed by atoms with Crippen LogP contribution in [0.5, 0.6) is 0 Å². The topological polar surface area (TPSA) is 41.1 Å². The summed E-state index contributed by atoms with van der Waals surface area (Å²) in [5.74, 6) is 0.902. The number of hydrogen-bond acceptors (Lipinski definition) is 2. The first-order chi connectivity index (χ1) is 8.74. The van der Waals surface area contributed by atoms with Gasteiger partial charge in [-0.2, -0.15) is 0 Å². The molecule has 1 aliphatic carbocycles. The lowest BCUT2D eigenvalue weighted by atomic mass is 10.0. The van der Waals surface area contributed by atoms with Crippen molar-refractivity contribution >= 4 is 5.91 Å². The zero-order valence-electron chi connectivity index (χ0n) is 10.8. The molecular weight excluding hydrogens is 224 g/mol. The Morgan fingerprint density at radius 1 is 1.22 bits per heavy atom. The third-order valence-corrected chi connectivity index (χ3v) is 4.27. The van der Waals surface area contributed by atoms with Crippen LogP contribution in [0.4, 0.5) is 0 Å². The zero-order valence-corrected chi connectivity index (χ0v) is 10.8. The Labute approximate surface area is 108 Å². The average Bonchev–Trinajstić information content (AvgIpc) is 2.96. The van der Waals surface area contributed by atoms with Gasteiger partial charge in [0.1, 0.15) is 0 Å². The summed E-state index contributed by atoms with van der Waals surface area (Å²) in [6.07, 6.45) is 1.80. The van der Waals surface area contributed by atoms with Gasteiger partial charge in [0.15, 0.2) is 0 Å². The molecule has 3 nitrogen and oxygen atoms in total. The molecule has 1 aliphatic heterocycles. The second-order valence-corrected chi connectivity index (χ2v) is 5.62. The van der Waals surface area contributed by atoms with Crippen molar-refractivity contribution in [1.82, 2.24) is 10.6 Å². The quantitative estimate of drug-likeness (QED) is 0.818. The van der Waals surface area contributed by atoms with Gasteiger partial charge >= 0.3 is 0 Å². The predicted molar refractivity (Wildman–Crippen MR) is 71.3 cm³/mol. The lowest BCUT2D eigenvalue weighted by molar-refractivity contribution is -0.125. The number of carbonyl (C=O) groups is 1. The molecule has 0 bridgehead atoms. The number of carbonyl (C=O) groups excluding carboxylic acids is 1. The van der Waals surface area contributed by atoms with Gasteiger partial charge in [0.2, 0.25) is 5.91 Å². The Bertz CT molecular complexity index is 433. The van der Waals surface area contributed by atoms with Crippen molar-refractivity contribution in [3.63, 3.8) is 0 Å². The molecule has 2 aliphatic rings. The van der Waals surface area contributed by atoms with Gasteiger partial charge in [0.25, 0.3) is 0 Å². The van der Waals surface area contributed by atoms with Crippen LogP contribution in [0, 0.1) is 11.8 Å². The van der Waals surface area contributed by atoms with Gasteiger partial charge in [-0.1, -0.05) is 31.2 Å². The van der Waals surface area contributed by atoms with Crippen molar-refractivity contribution in [2.45, 2.75) is 25.8 Å². The van der Waals surface area contributed by atoms with Crippen molar-refractivity contribution in [1.29, 1.82) is 0 Å². The number of fused-ring (bicyclic) bond motifs is 1. The highest BCUT2D eigenvalue weighted by Crippen LogP contribution is 2.26. The number of amides is 1. The highest BCUT2D eigenvalue weighted by molar-refractivity contribution is 5.80. The molecule has 0 radical (unpaired) electrons. The fourth-order valence-corrected chi connectivity index (χ4v) is 3.05. The van der Waals surface area contributed by atoms with Gasteiger partial charge in [0.05, 0.1) is 0 Å². The van der Waals surface area contributed by atoms with Gasteiger partial charge in [0, 0.05) is 18.5 Å². The molecule has 0 aromatic heterocycles. The molecule has 3 heteroatoms. The van der Waals surface area contributed by atoms with E-state index < -0.39 is 0 Å². The SMILES string of the molecule is CC1CNCC1NC(=O)C1Cc2ccccc2C1. The number of hydrogen-bond donors (Lipinski definition) is 2. The van der Waals surface area contributed by atoms with Crippen LogP contribution in [-0.2, 0) is 17.6 Å². The fourth-order valence-electron chi connectivity index (χ4n) is 3.05. The maximum absolute atomic E-state index is 12.3. The second-order valence-electron chi connectivity index (χ2n) is 5.62. The van der Waals surface area contributed by atoms with Crippen LogP contribution >= 0.6 is 0 Å². The van der Waals surface area contributed by atoms with Gasteiger partial charge in [-0.25, -0.2) is 0 Å². The molecule has 1 amide bonds. The van der Waals surface area contributed by atoms with Crippen LogP contribution in [0.15, 0.2) is 24.3 Å². The maximum atomic E-state index is 12.3. The minimum atomic E-state index is 0.134. The van der Waals surface area contributed by atoms with E-state index in [4.69, 9.17) is 0 Å². The minimum absolute atomic E-state index is 0.134. The van der Waals surface area contributed by atoms with E-state index in [2.05, 4.69) is 41.8 Å². The highest BCUT2D eigenvalue weighted by atomic mass is 16.2. The van der Waals surface area contributed by atoms with Crippen LogP contribution in [-0.4, -0.2) is 25.0 Å². The summed E-state index contributed by atoms with van der Waals surface area (Å²) in [4.78, 5) is 12.3. The molecule has 1 aromatic carbocycles. The molecular formula is C15H20N2O. The van der Waals surface area contributed by atoms with Crippen LogP contribution in [0.3, 0.4) is 0 Å². The molecule has 0 saturated carbocycles. The Hall–Kier alpha value is -1.35. The molecule has 2 N–H and O–H groups in total. The molecule has 96 valence electrons. The van der Waals surface area contributed by atoms with Crippen molar-refractivity contribution in [3.05, 3.63) is 35.4 Å². The summed E-state index contributed by atoms with van der Waals surface area (Å²) in [5, 5.41) is 6.52. The number of nitrogens with one attached hydrogen (secondary N) is 2. The summed E-state index contributed by atoms with van der Waals surface area (Å²) in [7, 11) is 0. The third kappa shape index (κ3) is 2.15. The molecule has 2 atom stereocenters. The normalized spacial score (nSPS) is 27.2. The first kappa shape index (κ1) is 11.7. The molecule has 3 rings (SSSR count). The molecule has 1 heterocycles. The average molecular weight is 244 g/mol. The first-order valence-electron chi connectivity index (χ1n) is 6.82. The second kappa shape index (κ2) is 4.73. The van der Waals surface area contributed by atoms with Crippen LogP contribution in [0.2, 0.25) is 0 Å². The van der Waals surface area contributed by atoms with E-state index in [1.165, 1.54) is 11.1 Å². The number of rotatable bonds is 2. The van der Waals surface area contributed by atoms with E-state index in [9.17, 15) is 4.79 Å². The zero-order chi connectivity index (χ0) is 12.5. The van der Waals surface area contributed by atoms with E-state index in [0.29, 0.717) is 12.0 Å². The van der Waals surface area contributed by atoms with Gasteiger partial charge in [-0.05, 0) is 36.4 Å². The third-order valence-electron chi connectivity index (χ3n) is 4.27. The Kier molecular flexibility index (Phi) is 3.08. The smallest absolute Gasteiger partial charge is 0.224 e. The highest BCUT2D eigenvalue weighted by Gasteiger charge is 2.31. The Morgan fingerprint density at radius 2 is 1.89 bits per heavy atom. The van der Waals surface area contributed by atoms with Crippen LogP contribution < -0.4 is 10.6 Å². The van der Waals surface area contributed by atoms with E-state index >= 15 is 0 Å². The van der Waals surface area contributed by atoms with Crippen molar-refractivity contribution in [2.24, 2.45) is 11.8 Å². The largest absolute Gasteiger partial charge is 0.352 e. The molecule has 1 fully saturated rings. The predicted octanol–water partition coefficient (Wildman–Crippen LogP) is 1.13. The minimum Gasteiger partial charge on any atom is -0.352 e. The first-order valence-corrected chi connectivity index (χ1v) is 6.82. The molecule has 1 aromatic rings. The van der Waals surface area contributed by atoms with Crippen molar-refractivity contribution in [3.8, 4) is 0 Å². The lowest BCUT2D eigenvalue weighted by Gasteiger charge is -2.19. The van der Waals surface area contributed by atoms with Crippen LogP contribution in [0.1, 0.15) is 18.1 Å². The summed E-state index contributed by atoms with van der Waals surface area (Å²) >= 11 is 0.